The van der Waals surface area contributed by atoms with Gasteiger partial charge >= 0.3 is 0 Å². The molecule has 0 N–H and O–H groups in total. The number of benzene rings is 2. The largest absolute Gasteiger partial charge is 0.484 e. The monoisotopic (exact) mass is 290 g/mol. The quantitative estimate of drug-likeness (QED) is 0.792. The summed E-state index contributed by atoms with van der Waals surface area (Å²) in [6, 6.07) is 12.1. The van der Waals surface area contributed by atoms with Gasteiger partial charge in [-0.2, -0.15) is 0 Å². The molecule has 2 aromatic rings. The molecule has 1 atom stereocenters. The fraction of sp³-hybridized carbons (Fsp3) is 0.294. The van der Waals surface area contributed by atoms with Crippen LogP contribution in [0.5, 0.6) is 5.75 Å². The molecule has 1 heterocycles. The van der Waals surface area contributed by atoms with E-state index in [9.17, 15) is 8.78 Å². The maximum atomic E-state index is 13.1. The Morgan fingerprint density at radius 1 is 0.952 bits per heavy atom. The molecule has 110 valence electrons. The summed E-state index contributed by atoms with van der Waals surface area (Å²) in [6.07, 6.45) is 0. The van der Waals surface area contributed by atoms with Crippen molar-refractivity contribution in [2.24, 2.45) is 0 Å². The van der Waals surface area contributed by atoms with Crippen molar-refractivity contribution in [3.63, 3.8) is 0 Å². The topological polar surface area (TPSA) is 21.8 Å². The molecule has 0 amide bonds. The molecule has 3 rings (SSSR count). The zero-order valence-corrected chi connectivity index (χ0v) is 11.9. The highest BCUT2D eigenvalue weighted by atomic mass is 19.1. The van der Waals surface area contributed by atoms with Crippen molar-refractivity contribution in [3.05, 3.63) is 65.7 Å². The minimum atomic E-state index is -0.664. The molecule has 2 aromatic carbocycles. The lowest BCUT2D eigenvalue weighted by Gasteiger charge is -2.33. The first-order valence-corrected chi connectivity index (χ1v) is 6.78. The minimum Gasteiger partial charge on any atom is -0.484 e. The van der Waals surface area contributed by atoms with Gasteiger partial charge in [0.2, 0.25) is 0 Å². The number of hydrogen-bond acceptors (Lipinski definition) is 2. The van der Waals surface area contributed by atoms with Crippen LogP contribution in [-0.4, -0.2) is 12.2 Å². The highest BCUT2D eigenvalue weighted by Gasteiger charge is 2.60. The number of epoxide rings is 1. The van der Waals surface area contributed by atoms with Crippen LogP contribution in [0.25, 0.3) is 0 Å². The smallest absolute Gasteiger partial charge is 0.155 e. The summed E-state index contributed by atoms with van der Waals surface area (Å²) in [4.78, 5) is 0. The second-order valence-electron chi connectivity index (χ2n) is 5.69. The molecule has 1 aliphatic heterocycles. The first-order valence-electron chi connectivity index (χ1n) is 6.78. The predicted molar refractivity (Wildman–Crippen MR) is 75.1 cm³/mol. The molecule has 4 heteroatoms. The van der Waals surface area contributed by atoms with E-state index < -0.39 is 11.2 Å². The zero-order valence-electron chi connectivity index (χ0n) is 11.9. The van der Waals surface area contributed by atoms with Gasteiger partial charge < -0.3 is 9.47 Å². The Morgan fingerprint density at radius 2 is 1.43 bits per heavy atom. The third kappa shape index (κ3) is 2.51. The molecule has 1 aliphatic rings. The third-order valence-corrected chi connectivity index (χ3v) is 3.90. The Hall–Kier alpha value is -1.94. The van der Waals surface area contributed by atoms with Gasteiger partial charge in [0.1, 0.15) is 23.0 Å². The van der Waals surface area contributed by atoms with Crippen molar-refractivity contribution in [3.8, 4) is 5.75 Å². The Labute approximate surface area is 122 Å². The lowest BCUT2D eigenvalue weighted by molar-refractivity contribution is 0.0153. The molecule has 0 radical (unpaired) electrons. The van der Waals surface area contributed by atoms with Crippen molar-refractivity contribution in [1.82, 2.24) is 0 Å². The molecule has 1 unspecified atom stereocenters. The van der Waals surface area contributed by atoms with E-state index in [1.54, 1.807) is 24.3 Å². The average Bonchev–Trinajstić information content (AvgIpc) is 3.24. The highest BCUT2D eigenvalue weighted by molar-refractivity contribution is 5.33. The predicted octanol–water partition coefficient (Wildman–Crippen LogP) is 4.05. The molecule has 0 spiro atoms. The van der Waals surface area contributed by atoms with Crippen LogP contribution in [0.1, 0.15) is 19.4 Å². The van der Waals surface area contributed by atoms with Crippen LogP contribution >= 0.6 is 0 Å². The standard InChI is InChI=1S/C17H16F2O2/c1-16(2,21-15-9-7-14(19)8-10-15)17(11-20-17)12-3-5-13(18)6-4-12/h3-10H,11H2,1-2H3. The van der Waals surface area contributed by atoms with E-state index >= 15 is 0 Å². The van der Waals surface area contributed by atoms with Crippen LogP contribution in [0, 0.1) is 11.6 Å². The normalized spacial score (nSPS) is 21.1. The zero-order chi connectivity index (χ0) is 15.1. The summed E-state index contributed by atoms with van der Waals surface area (Å²) in [5.74, 6) is -0.0266. The van der Waals surface area contributed by atoms with Crippen LogP contribution in [0.15, 0.2) is 48.5 Å². The van der Waals surface area contributed by atoms with E-state index in [4.69, 9.17) is 9.47 Å². The van der Waals surface area contributed by atoms with E-state index in [2.05, 4.69) is 0 Å². The van der Waals surface area contributed by atoms with Gasteiger partial charge in [-0.3, -0.25) is 0 Å². The fourth-order valence-electron chi connectivity index (χ4n) is 2.53. The van der Waals surface area contributed by atoms with Gasteiger partial charge in [0.15, 0.2) is 5.60 Å². The first-order chi connectivity index (χ1) is 9.93. The molecule has 0 aromatic heterocycles. The Balaban J connectivity index is 1.86. The van der Waals surface area contributed by atoms with Crippen molar-refractivity contribution in [1.29, 1.82) is 0 Å². The second-order valence-corrected chi connectivity index (χ2v) is 5.69. The maximum Gasteiger partial charge on any atom is 0.155 e. The van der Waals surface area contributed by atoms with Crippen molar-refractivity contribution in [2.45, 2.75) is 25.0 Å². The number of hydrogen-bond donors (Lipinski definition) is 0. The molecular weight excluding hydrogens is 274 g/mol. The van der Waals surface area contributed by atoms with E-state index in [1.807, 2.05) is 13.8 Å². The fourth-order valence-corrected chi connectivity index (χ4v) is 2.53. The van der Waals surface area contributed by atoms with Crippen molar-refractivity contribution < 1.29 is 18.3 Å². The van der Waals surface area contributed by atoms with E-state index in [0.29, 0.717) is 12.4 Å². The second kappa shape index (κ2) is 4.81. The van der Waals surface area contributed by atoms with E-state index in [-0.39, 0.29) is 11.6 Å². The Morgan fingerprint density at radius 3 is 1.90 bits per heavy atom. The molecule has 2 nitrogen and oxygen atoms in total. The maximum absolute atomic E-state index is 13.1. The van der Waals surface area contributed by atoms with Gasteiger partial charge in [0.25, 0.3) is 0 Å². The number of rotatable bonds is 4. The number of halogens is 2. The van der Waals surface area contributed by atoms with Crippen LogP contribution in [0.2, 0.25) is 0 Å². The molecule has 0 aliphatic carbocycles. The highest BCUT2D eigenvalue weighted by Crippen LogP contribution is 2.49. The summed E-state index contributed by atoms with van der Waals surface area (Å²) in [5.41, 5.74) is -0.395. The van der Waals surface area contributed by atoms with Crippen molar-refractivity contribution in [2.75, 3.05) is 6.61 Å². The molecule has 1 fully saturated rings. The molecular formula is C17H16F2O2. The van der Waals surface area contributed by atoms with Gasteiger partial charge in [-0.25, -0.2) is 8.78 Å². The Bertz CT molecular complexity index is 629. The van der Waals surface area contributed by atoms with Gasteiger partial charge in [-0.05, 0) is 55.8 Å². The van der Waals surface area contributed by atoms with Gasteiger partial charge in [-0.1, -0.05) is 12.1 Å². The van der Waals surface area contributed by atoms with E-state index in [1.165, 1.54) is 24.3 Å². The molecule has 1 saturated heterocycles. The van der Waals surface area contributed by atoms with Crippen LogP contribution in [0.3, 0.4) is 0 Å². The summed E-state index contributed by atoms with van der Waals surface area (Å²) >= 11 is 0. The summed E-state index contributed by atoms with van der Waals surface area (Å²) in [6.45, 7) is 4.33. The summed E-state index contributed by atoms with van der Waals surface area (Å²) in [5, 5.41) is 0. The Kier molecular flexibility index (Phi) is 3.21. The van der Waals surface area contributed by atoms with Crippen LogP contribution in [-0.2, 0) is 10.3 Å². The molecule has 0 saturated carbocycles. The minimum absolute atomic E-state index is 0.285. The average molecular weight is 290 g/mol. The summed E-state index contributed by atoms with van der Waals surface area (Å²) < 4.78 is 37.7. The van der Waals surface area contributed by atoms with Gasteiger partial charge in [0, 0.05) is 0 Å². The third-order valence-electron chi connectivity index (χ3n) is 3.90. The van der Waals surface area contributed by atoms with Crippen LogP contribution < -0.4 is 4.74 Å². The van der Waals surface area contributed by atoms with Gasteiger partial charge in [-0.15, -0.1) is 0 Å². The number of ether oxygens (including phenoxy) is 2. The molecule has 21 heavy (non-hydrogen) atoms. The molecule has 0 bridgehead atoms. The van der Waals surface area contributed by atoms with Crippen LogP contribution in [0.4, 0.5) is 8.78 Å². The lowest BCUT2D eigenvalue weighted by atomic mass is 9.84. The first kappa shape index (κ1) is 14.0. The lowest BCUT2D eigenvalue weighted by Crippen LogP contribution is -2.43. The van der Waals surface area contributed by atoms with E-state index in [0.717, 1.165) is 5.56 Å². The SMILES string of the molecule is CC(C)(Oc1ccc(F)cc1)C1(c2ccc(F)cc2)CO1. The summed E-state index contributed by atoms with van der Waals surface area (Å²) in [7, 11) is 0. The van der Waals surface area contributed by atoms with Crippen molar-refractivity contribution >= 4 is 0 Å². The van der Waals surface area contributed by atoms with Gasteiger partial charge in [0.05, 0.1) is 6.61 Å².